The van der Waals surface area contributed by atoms with Gasteiger partial charge in [0.2, 0.25) is 0 Å². The summed E-state index contributed by atoms with van der Waals surface area (Å²) in [5.41, 5.74) is 5.80. The fourth-order valence-corrected chi connectivity index (χ4v) is 4.90. The van der Waals surface area contributed by atoms with Gasteiger partial charge >= 0.3 is 0 Å². The van der Waals surface area contributed by atoms with Gasteiger partial charge in [0.15, 0.2) is 11.1 Å². The predicted molar refractivity (Wildman–Crippen MR) is 98.5 cm³/mol. The van der Waals surface area contributed by atoms with Crippen LogP contribution in [0, 0.1) is 5.92 Å². The van der Waals surface area contributed by atoms with Crippen LogP contribution in [0.25, 0.3) is 0 Å². The molecule has 0 fully saturated rings. The molecule has 0 N–H and O–H groups in total. The van der Waals surface area contributed by atoms with E-state index < -0.39 is 11.1 Å². The Hall–Kier alpha value is -1.45. The third-order valence-corrected chi connectivity index (χ3v) is 6.66. The molecular formula is C21H24O2S. The fourth-order valence-electron chi connectivity index (χ4n) is 4.25. The van der Waals surface area contributed by atoms with Crippen LogP contribution >= 0.6 is 0 Å². The topological polar surface area (TPSA) is 26.3 Å². The molecule has 5 rings (SSSR count). The molecule has 0 amide bonds. The van der Waals surface area contributed by atoms with E-state index in [1.54, 1.807) is 0 Å². The second kappa shape index (κ2) is 5.82. The Morgan fingerprint density at radius 1 is 0.958 bits per heavy atom. The molecule has 0 aliphatic heterocycles. The number of benzene rings is 2. The molecule has 0 radical (unpaired) electrons. The Morgan fingerprint density at radius 3 is 1.96 bits per heavy atom. The Morgan fingerprint density at radius 2 is 1.46 bits per heavy atom. The van der Waals surface area contributed by atoms with Crippen LogP contribution < -0.4 is 0 Å². The quantitative estimate of drug-likeness (QED) is 0.805. The van der Waals surface area contributed by atoms with Crippen LogP contribution in [-0.2, 0) is 15.3 Å². The summed E-state index contributed by atoms with van der Waals surface area (Å²) in [5, 5.41) is 0. The summed E-state index contributed by atoms with van der Waals surface area (Å²) in [4.78, 5) is 0. The third kappa shape index (κ3) is 2.55. The molecule has 2 unspecified atom stereocenters. The van der Waals surface area contributed by atoms with Crippen molar-refractivity contribution in [2.45, 2.75) is 43.8 Å². The van der Waals surface area contributed by atoms with Gasteiger partial charge in [0, 0.05) is 11.8 Å². The van der Waals surface area contributed by atoms with Crippen LogP contribution in [0.2, 0.25) is 0 Å². The zero-order chi connectivity index (χ0) is 16.9. The first-order chi connectivity index (χ1) is 11.5. The van der Waals surface area contributed by atoms with Gasteiger partial charge in [0.25, 0.3) is 0 Å². The van der Waals surface area contributed by atoms with Crippen molar-refractivity contribution in [3.8, 4) is 0 Å². The van der Waals surface area contributed by atoms with Gasteiger partial charge in [-0.3, -0.25) is 4.18 Å². The molecule has 0 heterocycles. The molecule has 126 valence electrons. The maximum absolute atomic E-state index is 12.3. The molecular weight excluding hydrogens is 316 g/mol. The lowest BCUT2D eigenvalue weighted by Gasteiger charge is -2.45. The van der Waals surface area contributed by atoms with E-state index >= 15 is 0 Å². The first-order valence-corrected chi connectivity index (χ1v) is 9.77. The molecule has 0 spiro atoms. The van der Waals surface area contributed by atoms with Crippen LogP contribution in [0.5, 0.6) is 0 Å². The van der Waals surface area contributed by atoms with Crippen LogP contribution in [0.3, 0.4) is 0 Å². The molecule has 0 aromatic heterocycles. The standard InChI is InChI=1S/C21H24O2S/c1-21(2,3)24(22)23-13-14-12-19-15-8-4-6-10-17(15)20(14)18-11-7-5-9-16(18)19/h4-11,14,19-20H,12-13H2,1-3H3. The van der Waals surface area contributed by atoms with Crippen molar-refractivity contribution in [1.29, 1.82) is 0 Å². The van der Waals surface area contributed by atoms with Gasteiger partial charge < -0.3 is 0 Å². The van der Waals surface area contributed by atoms with E-state index in [1.807, 2.05) is 20.8 Å². The highest BCUT2D eigenvalue weighted by Gasteiger charge is 2.43. The second-order valence-corrected chi connectivity index (χ2v) is 9.85. The Labute approximate surface area is 146 Å². The van der Waals surface area contributed by atoms with Crippen LogP contribution in [0.4, 0.5) is 0 Å². The van der Waals surface area contributed by atoms with E-state index in [2.05, 4.69) is 48.5 Å². The van der Waals surface area contributed by atoms with Gasteiger partial charge in [-0.25, -0.2) is 4.21 Å². The fraction of sp³-hybridized carbons (Fsp3) is 0.429. The molecule has 3 heteroatoms. The summed E-state index contributed by atoms with van der Waals surface area (Å²) in [6.07, 6.45) is 1.08. The first-order valence-electron chi connectivity index (χ1n) is 8.69. The van der Waals surface area contributed by atoms with Crippen molar-refractivity contribution in [3.05, 3.63) is 70.8 Å². The van der Waals surface area contributed by atoms with E-state index in [0.717, 1.165) is 6.42 Å². The van der Waals surface area contributed by atoms with Gasteiger partial charge in [0.05, 0.1) is 11.4 Å². The number of hydrogen-bond acceptors (Lipinski definition) is 2. The van der Waals surface area contributed by atoms with E-state index in [1.165, 1.54) is 22.3 Å². The molecule has 3 aliphatic carbocycles. The van der Waals surface area contributed by atoms with Gasteiger partial charge in [0.1, 0.15) is 0 Å². The first kappa shape index (κ1) is 16.0. The van der Waals surface area contributed by atoms with Crippen molar-refractivity contribution >= 4 is 11.1 Å². The van der Waals surface area contributed by atoms with Crippen molar-refractivity contribution in [2.75, 3.05) is 6.61 Å². The number of rotatable bonds is 3. The van der Waals surface area contributed by atoms with Crippen LogP contribution in [0.15, 0.2) is 48.5 Å². The Kier molecular flexibility index (Phi) is 3.89. The highest BCUT2D eigenvalue weighted by Crippen LogP contribution is 2.55. The van der Waals surface area contributed by atoms with Crippen LogP contribution in [0.1, 0.15) is 61.3 Å². The lowest BCUT2D eigenvalue weighted by Crippen LogP contribution is -2.35. The summed E-state index contributed by atoms with van der Waals surface area (Å²) in [5.74, 6) is 1.20. The van der Waals surface area contributed by atoms with Gasteiger partial charge in [-0.2, -0.15) is 0 Å². The van der Waals surface area contributed by atoms with E-state index in [4.69, 9.17) is 4.18 Å². The SMILES string of the molecule is CC(C)(C)S(=O)OCC1CC2c3ccccc3C1c1ccccc12. The summed E-state index contributed by atoms with van der Waals surface area (Å²) in [7, 11) is 0. The zero-order valence-corrected chi connectivity index (χ0v) is 15.3. The molecule has 2 aromatic carbocycles. The number of hydrogen-bond donors (Lipinski definition) is 0. The molecule has 2 bridgehead atoms. The molecule has 0 saturated heterocycles. The smallest absolute Gasteiger partial charge is 0.160 e. The summed E-state index contributed by atoms with van der Waals surface area (Å²) < 4.78 is 17.8. The molecule has 24 heavy (non-hydrogen) atoms. The molecule has 2 atom stereocenters. The molecule has 2 aromatic rings. The third-order valence-electron chi connectivity index (χ3n) is 5.31. The largest absolute Gasteiger partial charge is 0.290 e. The maximum Gasteiger partial charge on any atom is 0.160 e. The van der Waals surface area contributed by atoms with Crippen molar-refractivity contribution in [1.82, 2.24) is 0 Å². The van der Waals surface area contributed by atoms with Crippen molar-refractivity contribution in [3.63, 3.8) is 0 Å². The lowest BCUT2D eigenvalue weighted by atomic mass is 9.59. The lowest BCUT2D eigenvalue weighted by molar-refractivity contribution is 0.217. The van der Waals surface area contributed by atoms with Gasteiger partial charge in [-0.15, -0.1) is 0 Å². The maximum atomic E-state index is 12.3. The van der Waals surface area contributed by atoms with E-state index in [9.17, 15) is 4.21 Å². The highest BCUT2D eigenvalue weighted by molar-refractivity contribution is 7.81. The molecule has 3 aliphatic rings. The highest BCUT2D eigenvalue weighted by atomic mass is 32.2. The number of fused-ring (bicyclic) bond motifs is 1. The second-order valence-electron chi connectivity index (χ2n) is 7.92. The predicted octanol–water partition coefficient (Wildman–Crippen LogP) is 4.76. The molecule has 2 nitrogen and oxygen atoms in total. The average molecular weight is 340 g/mol. The van der Waals surface area contributed by atoms with Crippen molar-refractivity contribution < 1.29 is 8.39 Å². The minimum absolute atomic E-state index is 0.330. The minimum atomic E-state index is -1.26. The normalized spacial score (nSPS) is 25.9. The monoisotopic (exact) mass is 340 g/mol. The van der Waals surface area contributed by atoms with Crippen LogP contribution in [-0.4, -0.2) is 15.6 Å². The van der Waals surface area contributed by atoms with Crippen molar-refractivity contribution in [2.24, 2.45) is 5.92 Å². The summed E-state index contributed by atoms with van der Waals surface area (Å²) >= 11 is -1.26. The molecule has 0 saturated carbocycles. The Balaban J connectivity index is 1.67. The van der Waals surface area contributed by atoms with E-state index in [0.29, 0.717) is 24.4 Å². The van der Waals surface area contributed by atoms with Gasteiger partial charge in [-0.05, 0) is 55.4 Å². The summed E-state index contributed by atoms with van der Waals surface area (Å²) in [6.45, 7) is 6.44. The zero-order valence-electron chi connectivity index (χ0n) is 14.5. The summed E-state index contributed by atoms with van der Waals surface area (Å²) in [6, 6.07) is 17.6. The average Bonchev–Trinajstić information content (AvgIpc) is 2.59. The minimum Gasteiger partial charge on any atom is -0.290 e. The van der Waals surface area contributed by atoms with Gasteiger partial charge in [-0.1, -0.05) is 48.5 Å². The van der Waals surface area contributed by atoms with E-state index in [-0.39, 0.29) is 4.75 Å². The Bertz CT molecular complexity index is 743.